The Hall–Kier alpha value is -0.940. The van der Waals surface area contributed by atoms with Crippen molar-refractivity contribution in [3.63, 3.8) is 0 Å². The van der Waals surface area contributed by atoms with Gasteiger partial charge in [0, 0.05) is 11.4 Å². The lowest BCUT2D eigenvalue weighted by atomic mass is 10.3. The predicted octanol–water partition coefficient (Wildman–Crippen LogP) is 3.02. The van der Waals surface area contributed by atoms with Gasteiger partial charge in [-0.1, -0.05) is 27.3 Å². The molecule has 2 rings (SSSR count). The second-order valence-corrected chi connectivity index (χ2v) is 4.76. The SMILES string of the molecule is CC(=O)Nc1nc2cc(Br)ccc2s1. The minimum atomic E-state index is -0.0943. The molecule has 0 spiro atoms. The van der Waals surface area contributed by atoms with Crippen LogP contribution in [0, 0.1) is 0 Å². The third-order valence-corrected chi connectivity index (χ3v) is 3.08. The van der Waals surface area contributed by atoms with Crippen molar-refractivity contribution in [1.82, 2.24) is 4.98 Å². The molecule has 72 valence electrons. The fourth-order valence-electron chi connectivity index (χ4n) is 1.10. The first-order valence-electron chi connectivity index (χ1n) is 3.99. The highest BCUT2D eigenvalue weighted by Crippen LogP contribution is 2.27. The minimum absolute atomic E-state index is 0.0943. The fourth-order valence-corrected chi connectivity index (χ4v) is 2.35. The van der Waals surface area contributed by atoms with Crippen molar-refractivity contribution < 1.29 is 4.79 Å². The van der Waals surface area contributed by atoms with Crippen LogP contribution in [-0.4, -0.2) is 10.9 Å². The Morgan fingerprint density at radius 3 is 3.07 bits per heavy atom. The quantitative estimate of drug-likeness (QED) is 0.866. The van der Waals surface area contributed by atoms with Gasteiger partial charge in [-0.15, -0.1) is 0 Å². The van der Waals surface area contributed by atoms with E-state index in [1.165, 1.54) is 18.3 Å². The van der Waals surface area contributed by atoms with Crippen LogP contribution in [0.2, 0.25) is 0 Å². The molecule has 1 aromatic carbocycles. The number of nitrogens with zero attached hydrogens (tertiary/aromatic N) is 1. The summed E-state index contributed by atoms with van der Waals surface area (Å²) in [5, 5.41) is 3.31. The summed E-state index contributed by atoms with van der Waals surface area (Å²) in [5.41, 5.74) is 0.896. The van der Waals surface area contributed by atoms with Crippen LogP contribution in [0.15, 0.2) is 22.7 Å². The molecule has 2 aromatic rings. The summed E-state index contributed by atoms with van der Waals surface area (Å²) in [6.45, 7) is 1.47. The number of thiazole rings is 1. The topological polar surface area (TPSA) is 42.0 Å². The van der Waals surface area contributed by atoms with E-state index in [9.17, 15) is 4.79 Å². The standard InChI is InChI=1S/C9H7BrN2OS/c1-5(13)11-9-12-7-4-6(10)2-3-8(7)14-9/h2-4H,1H3,(H,11,12,13). The molecule has 1 amide bonds. The largest absolute Gasteiger partial charge is 0.302 e. The van der Waals surface area contributed by atoms with Crippen LogP contribution < -0.4 is 5.32 Å². The van der Waals surface area contributed by atoms with E-state index in [1.807, 2.05) is 18.2 Å². The average molecular weight is 271 g/mol. The van der Waals surface area contributed by atoms with E-state index in [0.717, 1.165) is 14.7 Å². The third kappa shape index (κ3) is 1.93. The van der Waals surface area contributed by atoms with Gasteiger partial charge in [0.25, 0.3) is 0 Å². The summed E-state index contributed by atoms with van der Waals surface area (Å²) in [7, 11) is 0. The summed E-state index contributed by atoms with van der Waals surface area (Å²) in [5.74, 6) is -0.0943. The Morgan fingerprint density at radius 2 is 2.36 bits per heavy atom. The average Bonchev–Trinajstić information content (AvgIpc) is 2.44. The molecular weight excluding hydrogens is 264 g/mol. The lowest BCUT2D eigenvalue weighted by Gasteiger charge is -1.91. The van der Waals surface area contributed by atoms with Crippen molar-refractivity contribution in [3.8, 4) is 0 Å². The van der Waals surface area contributed by atoms with Crippen LogP contribution in [0.3, 0.4) is 0 Å². The molecule has 0 aliphatic heterocycles. The zero-order valence-corrected chi connectivity index (χ0v) is 9.78. The summed E-state index contributed by atoms with van der Waals surface area (Å²) in [4.78, 5) is 15.1. The van der Waals surface area contributed by atoms with E-state index in [1.54, 1.807) is 0 Å². The van der Waals surface area contributed by atoms with Gasteiger partial charge in [0.15, 0.2) is 5.13 Å². The Balaban J connectivity index is 2.46. The van der Waals surface area contributed by atoms with Crippen LogP contribution in [0.4, 0.5) is 5.13 Å². The number of hydrogen-bond acceptors (Lipinski definition) is 3. The van der Waals surface area contributed by atoms with E-state index < -0.39 is 0 Å². The van der Waals surface area contributed by atoms with Crippen LogP contribution in [0.25, 0.3) is 10.2 Å². The van der Waals surface area contributed by atoms with E-state index in [-0.39, 0.29) is 5.91 Å². The van der Waals surface area contributed by atoms with Crippen LogP contribution in [-0.2, 0) is 4.79 Å². The Bertz CT molecular complexity index is 495. The minimum Gasteiger partial charge on any atom is -0.302 e. The number of aromatic nitrogens is 1. The smallest absolute Gasteiger partial charge is 0.223 e. The van der Waals surface area contributed by atoms with Crippen LogP contribution in [0.5, 0.6) is 0 Å². The zero-order valence-electron chi connectivity index (χ0n) is 7.37. The van der Waals surface area contributed by atoms with Gasteiger partial charge in [-0.2, -0.15) is 0 Å². The lowest BCUT2D eigenvalue weighted by Crippen LogP contribution is -2.04. The first kappa shape index (κ1) is 9.61. The molecule has 0 unspecified atom stereocenters. The van der Waals surface area contributed by atoms with E-state index >= 15 is 0 Å². The highest BCUT2D eigenvalue weighted by atomic mass is 79.9. The van der Waals surface area contributed by atoms with Crippen molar-refractivity contribution in [2.24, 2.45) is 0 Å². The first-order chi connectivity index (χ1) is 6.65. The number of carbonyl (C=O) groups excluding carboxylic acids is 1. The van der Waals surface area contributed by atoms with Crippen molar-refractivity contribution in [2.45, 2.75) is 6.92 Å². The molecule has 14 heavy (non-hydrogen) atoms. The molecule has 0 bridgehead atoms. The molecule has 5 heteroatoms. The number of benzene rings is 1. The molecule has 1 N–H and O–H groups in total. The van der Waals surface area contributed by atoms with Crippen LogP contribution >= 0.6 is 27.3 Å². The first-order valence-corrected chi connectivity index (χ1v) is 5.60. The Labute approximate surface area is 93.3 Å². The maximum absolute atomic E-state index is 10.8. The maximum atomic E-state index is 10.8. The number of nitrogens with one attached hydrogen (secondary N) is 1. The van der Waals surface area contributed by atoms with Crippen molar-refractivity contribution in [2.75, 3.05) is 5.32 Å². The molecule has 1 heterocycles. The zero-order chi connectivity index (χ0) is 10.1. The summed E-state index contributed by atoms with van der Waals surface area (Å²) in [6.07, 6.45) is 0. The van der Waals surface area contributed by atoms with Gasteiger partial charge in [-0.05, 0) is 18.2 Å². The molecule has 3 nitrogen and oxygen atoms in total. The highest BCUT2D eigenvalue weighted by molar-refractivity contribution is 9.10. The van der Waals surface area contributed by atoms with Crippen molar-refractivity contribution in [1.29, 1.82) is 0 Å². The normalized spacial score (nSPS) is 10.4. The number of hydrogen-bond donors (Lipinski definition) is 1. The van der Waals surface area contributed by atoms with Gasteiger partial charge in [0.2, 0.25) is 5.91 Å². The lowest BCUT2D eigenvalue weighted by molar-refractivity contribution is -0.114. The number of fused-ring (bicyclic) bond motifs is 1. The molecule has 0 aliphatic rings. The highest BCUT2D eigenvalue weighted by Gasteiger charge is 2.04. The van der Waals surface area contributed by atoms with Gasteiger partial charge in [-0.3, -0.25) is 4.79 Å². The van der Waals surface area contributed by atoms with Gasteiger partial charge < -0.3 is 5.32 Å². The van der Waals surface area contributed by atoms with Crippen LogP contribution in [0.1, 0.15) is 6.92 Å². The fraction of sp³-hybridized carbons (Fsp3) is 0.111. The second kappa shape index (κ2) is 3.67. The number of halogens is 1. The number of anilines is 1. The van der Waals surface area contributed by atoms with Gasteiger partial charge in [0.05, 0.1) is 10.2 Å². The molecule has 0 radical (unpaired) electrons. The molecule has 0 atom stereocenters. The van der Waals surface area contributed by atoms with E-state index in [4.69, 9.17) is 0 Å². The molecule has 0 saturated heterocycles. The molecular formula is C9H7BrN2OS. The predicted molar refractivity (Wildman–Crippen MR) is 61.6 cm³/mol. The van der Waals surface area contributed by atoms with Crippen molar-refractivity contribution >= 4 is 48.5 Å². The molecule has 0 saturated carbocycles. The number of rotatable bonds is 1. The van der Waals surface area contributed by atoms with E-state index in [0.29, 0.717) is 5.13 Å². The second-order valence-electron chi connectivity index (χ2n) is 2.81. The summed E-state index contributed by atoms with van der Waals surface area (Å²) >= 11 is 4.84. The molecule has 0 aliphatic carbocycles. The number of carbonyl (C=O) groups is 1. The summed E-state index contributed by atoms with van der Waals surface area (Å²) in [6, 6.07) is 5.86. The summed E-state index contributed by atoms with van der Waals surface area (Å²) < 4.78 is 2.06. The van der Waals surface area contributed by atoms with Crippen molar-refractivity contribution in [3.05, 3.63) is 22.7 Å². The molecule has 1 aromatic heterocycles. The van der Waals surface area contributed by atoms with E-state index in [2.05, 4.69) is 26.2 Å². The van der Waals surface area contributed by atoms with Gasteiger partial charge >= 0.3 is 0 Å². The Kier molecular flexibility index (Phi) is 2.52. The number of amides is 1. The maximum Gasteiger partial charge on any atom is 0.223 e. The van der Waals surface area contributed by atoms with Gasteiger partial charge in [-0.25, -0.2) is 4.98 Å². The van der Waals surface area contributed by atoms with Gasteiger partial charge in [0.1, 0.15) is 0 Å². The monoisotopic (exact) mass is 270 g/mol. The third-order valence-electron chi connectivity index (χ3n) is 1.63. The Morgan fingerprint density at radius 1 is 1.57 bits per heavy atom. The molecule has 0 fully saturated rings.